The molecule has 4 aromatic rings. The first-order valence-corrected chi connectivity index (χ1v) is 7.94. The Morgan fingerprint density at radius 3 is 2.70 bits per heavy atom. The molecular weight excluding hydrogens is 282 g/mol. The maximum atomic E-state index is 4.34. The van der Waals surface area contributed by atoms with Crippen molar-refractivity contribution in [3.63, 3.8) is 0 Å². The fraction of sp³-hybridized carbons (Fsp3) is 0.150. The highest BCUT2D eigenvalue weighted by molar-refractivity contribution is 5.85. The molecule has 4 rings (SSSR count). The molecular formula is C20H19N3. The molecule has 0 unspecified atom stereocenters. The molecule has 114 valence electrons. The number of benzene rings is 2. The van der Waals surface area contributed by atoms with Gasteiger partial charge in [0, 0.05) is 18.4 Å². The third kappa shape index (κ3) is 2.55. The lowest BCUT2D eigenvalue weighted by molar-refractivity contribution is 0.674. The van der Waals surface area contributed by atoms with Crippen molar-refractivity contribution < 1.29 is 0 Å². The zero-order valence-corrected chi connectivity index (χ0v) is 13.2. The van der Waals surface area contributed by atoms with Crippen LogP contribution in [0.1, 0.15) is 11.3 Å². The Kier molecular flexibility index (Phi) is 3.46. The summed E-state index contributed by atoms with van der Waals surface area (Å²) in [7, 11) is 0. The van der Waals surface area contributed by atoms with Gasteiger partial charge in [-0.2, -0.15) is 0 Å². The molecule has 3 nitrogen and oxygen atoms in total. The fourth-order valence-electron chi connectivity index (χ4n) is 3.16. The normalized spacial score (nSPS) is 11.2. The summed E-state index contributed by atoms with van der Waals surface area (Å²) in [5, 5.41) is 2.64. The maximum Gasteiger partial charge on any atom is 0.136 e. The molecule has 0 spiro atoms. The quantitative estimate of drug-likeness (QED) is 0.548. The molecule has 23 heavy (non-hydrogen) atoms. The maximum absolute atomic E-state index is 4.34. The number of nitrogens with zero attached hydrogens (tertiary/aromatic N) is 3. The second-order valence-corrected chi connectivity index (χ2v) is 5.85. The van der Waals surface area contributed by atoms with Crippen molar-refractivity contribution in [1.29, 1.82) is 0 Å². The Balaban J connectivity index is 1.63. The highest BCUT2D eigenvalue weighted by atomic mass is 15.2. The monoisotopic (exact) mass is 301 g/mol. The molecule has 0 saturated carbocycles. The Hall–Kier alpha value is -2.81. The summed E-state index contributed by atoms with van der Waals surface area (Å²) in [5.74, 6) is 1.12. The SMILES string of the molecule is Cc1cccn1-c1cncn1CCc1cccc2ccccc12. The second kappa shape index (κ2) is 5.76. The molecule has 0 saturated heterocycles. The molecule has 2 heterocycles. The summed E-state index contributed by atoms with van der Waals surface area (Å²) in [6.45, 7) is 3.03. The van der Waals surface area contributed by atoms with Crippen LogP contribution in [0.4, 0.5) is 0 Å². The van der Waals surface area contributed by atoms with Crippen LogP contribution >= 0.6 is 0 Å². The summed E-state index contributed by atoms with van der Waals surface area (Å²) in [4.78, 5) is 4.34. The lowest BCUT2D eigenvalue weighted by Gasteiger charge is -2.12. The molecule has 0 bridgehead atoms. The van der Waals surface area contributed by atoms with E-state index in [-0.39, 0.29) is 0 Å². The van der Waals surface area contributed by atoms with E-state index in [4.69, 9.17) is 0 Å². The smallest absolute Gasteiger partial charge is 0.136 e. The highest BCUT2D eigenvalue weighted by Crippen LogP contribution is 2.20. The van der Waals surface area contributed by atoms with Gasteiger partial charge in [-0.1, -0.05) is 42.5 Å². The Labute approximate surface area is 135 Å². The zero-order chi connectivity index (χ0) is 15.6. The van der Waals surface area contributed by atoms with Crippen molar-refractivity contribution >= 4 is 10.8 Å². The van der Waals surface area contributed by atoms with Gasteiger partial charge in [0.25, 0.3) is 0 Å². The number of fused-ring (bicyclic) bond motifs is 1. The first-order chi connectivity index (χ1) is 11.3. The number of aryl methyl sites for hydroxylation is 3. The van der Waals surface area contributed by atoms with Gasteiger partial charge < -0.3 is 9.13 Å². The van der Waals surface area contributed by atoms with Crippen LogP contribution in [0.15, 0.2) is 73.3 Å². The molecule has 0 aliphatic rings. The van der Waals surface area contributed by atoms with Gasteiger partial charge in [-0.25, -0.2) is 4.98 Å². The first-order valence-electron chi connectivity index (χ1n) is 7.94. The van der Waals surface area contributed by atoms with Gasteiger partial charge in [-0.3, -0.25) is 0 Å². The van der Waals surface area contributed by atoms with Gasteiger partial charge in [0.15, 0.2) is 0 Å². The molecule has 2 aromatic heterocycles. The summed E-state index contributed by atoms with van der Waals surface area (Å²) >= 11 is 0. The minimum absolute atomic E-state index is 0.918. The topological polar surface area (TPSA) is 22.8 Å². The van der Waals surface area contributed by atoms with E-state index in [2.05, 4.69) is 81.8 Å². The van der Waals surface area contributed by atoms with Gasteiger partial charge in [-0.05, 0) is 41.8 Å². The van der Waals surface area contributed by atoms with Crippen molar-refractivity contribution in [2.24, 2.45) is 0 Å². The van der Waals surface area contributed by atoms with Crippen LogP contribution in [0.25, 0.3) is 16.6 Å². The lowest BCUT2D eigenvalue weighted by atomic mass is 10.0. The van der Waals surface area contributed by atoms with E-state index in [0.29, 0.717) is 0 Å². The van der Waals surface area contributed by atoms with E-state index < -0.39 is 0 Å². The van der Waals surface area contributed by atoms with Crippen LogP contribution in [0.3, 0.4) is 0 Å². The minimum Gasteiger partial charge on any atom is -0.317 e. The standard InChI is InChI=1S/C20H19N3/c1-16-6-5-12-23(16)20-14-21-15-22(20)13-11-18-9-4-8-17-7-2-3-10-19(17)18/h2-10,12,14-15H,11,13H2,1H3. The third-order valence-corrected chi connectivity index (χ3v) is 4.39. The molecule has 0 radical (unpaired) electrons. The number of rotatable bonds is 4. The molecule has 0 aliphatic heterocycles. The van der Waals surface area contributed by atoms with Crippen molar-refractivity contribution in [3.05, 3.63) is 84.6 Å². The summed E-state index contributed by atoms with van der Waals surface area (Å²) in [5.41, 5.74) is 2.60. The second-order valence-electron chi connectivity index (χ2n) is 5.85. The van der Waals surface area contributed by atoms with Crippen molar-refractivity contribution in [3.8, 4) is 5.82 Å². The molecule has 0 fully saturated rings. The van der Waals surface area contributed by atoms with Gasteiger partial charge in [-0.15, -0.1) is 0 Å². The van der Waals surface area contributed by atoms with E-state index in [1.807, 2.05) is 12.5 Å². The van der Waals surface area contributed by atoms with E-state index in [9.17, 15) is 0 Å². The number of hydrogen-bond donors (Lipinski definition) is 0. The largest absolute Gasteiger partial charge is 0.317 e. The van der Waals surface area contributed by atoms with Crippen LogP contribution in [-0.2, 0) is 13.0 Å². The lowest BCUT2D eigenvalue weighted by Crippen LogP contribution is -2.07. The summed E-state index contributed by atoms with van der Waals surface area (Å²) in [6, 6.07) is 19.3. The number of imidazole rings is 1. The van der Waals surface area contributed by atoms with Crippen LogP contribution < -0.4 is 0 Å². The summed E-state index contributed by atoms with van der Waals surface area (Å²) < 4.78 is 4.39. The van der Waals surface area contributed by atoms with Crippen molar-refractivity contribution in [2.75, 3.05) is 0 Å². The number of hydrogen-bond acceptors (Lipinski definition) is 1. The molecule has 2 aromatic carbocycles. The molecule has 0 amide bonds. The minimum atomic E-state index is 0.918. The molecule has 0 N–H and O–H groups in total. The van der Waals surface area contributed by atoms with Crippen LogP contribution in [0, 0.1) is 6.92 Å². The Bertz CT molecular complexity index is 941. The van der Waals surface area contributed by atoms with Crippen molar-refractivity contribution in [1.82, 2.24) is 14.1 Å². The van der Waals surface area contributed by atoms with Gasteiger partial charge in [0.05, 0.1) is 12.5 Å². The van der Waals surface area contributed by atoms with Crippen LogP contribution in [0.2, 0.25) is 0 Å². The number of aromatic nitrogens is 3. The van der Waals surface area contributed by atoms with Crippen molar-refractivity contribution in [2.45, 2.75) is 19.9 Å². The Morgan fingerprint density at radius 1 is 0.957 bits per heavy atom. The predicted octanol–water partition coefficient (Wildman–Crippen LogP) is 4.38. The van der Waals surface area contributed by atoms with E-state index >= 15 is 0 Å². The zero-order valence-electron chi connectivity index (χ0n) is 13.2. The fourth-order valence-corrected chi connectivity index (χ4v) is 3.16. The molecule has 3 heteroatoms. The van der Waals surface area contributed by atoms with Crippen LogP contribution in [0.5, 0.6) is 0 Å². The van der Waals surface area contributed by atoms with Gasteiger partial charge in [0.2, 0.25) is 0 Å². The highest BCUT2D eigenvalue weighted by Gasteiger charge is 2.07. The predicted molar refractivity (Wildman–Crippen MR) is 93.9 cm³/mol. The van der Waals surface area contributed by atoms with E-state index in [0.717, 1.165) is 18.8 Å². The molecule has 0 aliphatic carbocycles. The van der Waals surface area contributed by atoms with E-state index in [1.54, 1.807) is 0 Å². The first kappa shape index (κ1) is 13.8. The van der Waals surface area contributed by atoms with E-state index in [1.165, 1.54) is 22.0 Å². The Morgan fingerprint density at radius 2 is 1.83 bits per heavy atom. The third-order valence-electron chi connectivity index (χ3n) is 4.39. The summed E-state index contributed by atoms with van der Waals surface area (Å²) in [6.07, 6.45) is 6.92. The van der Waals surface area contributed by atoms with Gasteiger partial charge in [0.1, 0.15) is 5.82 Å². The van der Waals surface area contributed by atoms with Gasteiger partial charge >= 0.3 is 0 Å². The average Bonchev–Trinajstić information content (AvgIpc) is 3.21. The van der Waals surface area contributed by atoms with Crippen LogP contribution in [-0.4, -0.2) is 14.1 Å². The average molecular weight is 301 g/mol. The molecule has 0 atom stereocenters.